The Hall–Kier alpha value is -0.0600. The molecule has 0 spiro atoms. The van der Waals surface area contributed by atoms with Crippen molar-refractivity contribution >= 4 is 28.3 Å². The zero-order valence-corrected chi connectivity index (χ0v) is 9.24. The topological polar surface area (TPSA) is 6.48 Å². The fraction of sp³-hybridized carbons (Fsp3) is 0.667. The Kier molecular flexibility index (Phi) is 2.91. The van der Waals surface area contributed by atoms with Gasteiger partial charge in [0.25, 0.3) is 0 Å². The van der Waals surface area contributed by atoms with Crippen LogP contribution in [-0.4, -0.2) is 45.7 Å². The van der Waals surface area contributed by atoms with Crippen molar-refractivity contribution in [2.45, 2.75) is 12.6 Å². The summed E-state index contributed by atoms with van der Waals surface area (Å²) in [4.78, 5) is 4.82. The first kappa shape index (κ1) is 9.49. The summed E-state index contributed by atoms with van der Waals surface area (Å²) in [6.07, 6.45) is 3.75. The number of rotatable bonds is 2. The highest BCUT2D eigenvalue weighted by Crippen LogP contribution is 2.29. The number of thioether (sulfide) groups is 1. The number of nitrogens with zero attached hydrogens (tertiary/aromatic N) is 2. The maximum Gasteiger partial charge on any atom is 0.137 e. The van der Waals surface area contributed by atoms with Crippen LogP contribution in [0.15, 0.2) is 12.7 Å². The average molecular weight is 214 g/mol. The van der Waals surface area contributed by atoms with Crippen molar-refractivity contribution in [3.8, 4) is 0 Å². The van der Waals surface area contributed by atoms with Gasteiger partial charge in [0.2, 0.25) is 0 Å². The molecule has 2 rings (SSSR count). The number of fused-ring (bicyclic) bond motifs is 1. The van der Waals surface area contributed by atoms with E-state index in [0.29, 0.717) is 6.17 Å². The van der Waals surface area contributed by atoms with Gasteiger partial charge in [-0.3, -0.25) is 4.90 Å². The van der Waals surface area contributed by atoms with E-state index in [1.165, 1.54) is 13.0 Å². The van der Waals surface area contributed by atoms with E-state index in [4.69, 9.17) is 12.2 Å². The van der Waals surface area contributed by atoms with Gasteiger partial charge in [0.15, 0.2) is 0 Å². The fourth-order valence-electron chi connectivity index (χ4n) is 1.96. The Morgan fingerprint density at radius 1 is 1.62 bits per heavy atom. The summed E-state index contributed by atoms with van der Waals surface area (Å²) in [7, 11) is 0. The van der Waals surface area contributed by atoms with Crippen molar-refractivity contribution in [2.24, 2.45) is 0 Å². The lowest BCUT2D eigenvalue weighted by atomic mass is 10.2. The van der Waals surface area contributed by atoms with Crippen molar-refractivity contribution in [3.05, 3.63) is 12.7 Å². The molecule has 0 aromatic rings. The first-order chi connectivity index (χ1) is 6.33. The third kappa shape index (κ3) is 1.75. The van der Waals surface area contributed by atoms with Crippen molar-refractivity contribution in [3.63, 3.8) is 0 Å². The van der Waals surface area contributed by atoms with Gasteiger partial charge < -0.3 is 4.90 Å². The van der Waals surface area contributed by atoms with Gasteiger partial charge in [-0.05, 0) is 6.42 Å². The Labute approximate surface area is 89.0 Å². The lowest BCUT2D eigenvalue weighted by Gasteiger charge is -2.39. The second-order valence-corrected chi connectivity index (χ2v) is 5.04. The Bertz CT molecular complexity index is 230. The molecule has 1 atom stereocenters. The third-order valence-electron chi connectivity index (χ3n) is 2.58. The lowest BCUT2D eigenvalue weighted by Crippen LogP contribution is -2.52. The molecule has 0 N–H and O–H groups in total. The van der Waals surface area contributed by atoms with E-state index in [1.807, 2.05) is 17.8 Å². The molecule has 4 heteroatoms. The largest absolute Gasteiger partial charge is 0.341 e. The molecule has 0 aliphatic carbocycles. The Balaban J connectivity index is 2.06. The molecule has 2 heterocycles. The molecule has 2 aliphatic rings. The molecule has 0 saturated carbocycles. The van der Waals surface area contributed by atoms with Crippen molar-refractivity contribution < 1.29 is 0 Å². The first-order valence-corrected chi connectivity index (χ1v) is 6.00. The van der Waals surface area contributed by atoms with Gasteiger partial charge in [0.1, 0.15) is 4.32 Å². The molecule has 2 saturated heterocycles. The Morgan fingerprint density at radius 2 is 2.46 bits per heavy atom. The number of hydrogen-bond donors (Lipinski definition) is 0. The number of thiocarbonyl (C=S) groups is 1. The van der Waals surface area contributed by atoms with Crippen LogP contribution in [0.5, 0.6) is 0 Å². The van der Waals surface area contributed by atoms with Gasteiger partial charge in [-0.2, -0.15) is 0 Å². The SMILES string of the molecule is C=CCN1CCCN2C(=S)SC[C@H]12. The van der Waals surface area contributed by atoms with Gasteiger partial charge in [0.05, 0.1) is 6.17 Å². The monoisotopic (exact) mass is 214 g/mol. The van der Waals surface area contributed by atoms with Gasteiger partial charge in [0, 0.05) is 25.4 Å². The van der Waals surface area contributed by atoms with Crippen LogP contribution in [-0.2, 0) is 0 Å². The second-order valence-electron chi connectivity index (χ2n) is 3.39. The smallest absolute Gasteiger partial charge is 0.137 e. The molecular weight excluding hydrogens is 200 g/mol. The van der Waals surface area contributed by atoms with Crippen molar-refractivity contribution in [1.82, 2.24) is 9.80 Å². The third-order valence-corrected chi connectivity index (χ3v) is 4.11. The standard InChI is InChI=1S/C9H14N2S2/c1-2-4-10-5-3-6-11-8(10)7-13-9(11)12/h2,8H,1,3-7H2/t8-/m1/s1. The highest BCUT2D eigenvalue weighted by Gasteiger charge is 2.35. The van der Waals surface area contributed by atoms with Crippen LogP contribution in [0.1, 0.15) is 6.42 Å². The lowest BCUT2D eigenvalue weighted by molar-refractivity contribution is 0.0877. The minimum atomic E-state index is 0.546. The summed E-state index contributed by atoms with van der Waals surface area (Å²) in [5.74, 6) is 1.13. The summed E-state index contributed by atoms with van der Waals surface area (Å²) in [5.41, 5.74) is 0. The van der Waals surface area contributed by atoms with E-state index in [0.717, 1.165) is 23.2 Å². The molecule has 0 amide bonds. The van der Waals surface area contributed by atoms with Crippen LogP contribution in [0.3, 0.4) is 0 Å². The van der Waals surface area contributed by atoms with Crippen molar-refractivity contribution in [1.29, 1.82) is 0 Å². The Morgan fingerprint density at radius 3 is 3.23 bits per heavy atom. The quantitative estimate of drug-likeness (QED) is 0.508. The van der Waals surface area contributed by atoms with E-state index in [1.54, 1.807) is 0 Å². The first-order valence-electron chi connectivity index (χ1n) is 4.61. The van der Waals surface area contributed by atoms with Crippen LogP contribution in [0.4, 0.5) is 0 Å². The molecule has 0 unspecified atom stereocenters. The maximum atomic E-state index is 5.29. The normalized spacial score (nSPS) is 29.1. The summed E-state index contributed by atoms with van der Waals surface area (Å²) < 4.78 is 1.08. The van der Waals surface area contributed by atoms with Gasteiger partial charge in [-0.25, -0.2) is 0 Å². The van der Waals surface area contributed by atoms with Crippen LogP contribution >= 0.6 is 24.0 Å². The molecule has 0 aromatic heterocycles. The van der Waals surface area contributed by atoms with Crippen LogP contribution in [0.25, 0.3) is 0 Å². The zero-order chi connectivity index (χ0) is 9.26. The summed E-state index contributed by atoms with van der Waals surface area (Å²) >= 11 is 7.10. The van der Waals surface area contributed by atoms with Crippen LogP contribution < -0.4 is 0 Å². The number of hydrogen-bond acceptors (Lipinski definition) is 3. The average Bonchev–Trinajstić information content (AvgIpc) is 2.50. The second kappa shape index (κ2) is 3.98. The summed E-state index contributed by atoms with van der Waals surface area (Å²) in [5, 5.41) is 0. The zero-order valence-electron chi connectivity index (χ0n) is 7.61. The molecule has 0 bridgehead atoms. The summed E-state index contributed by atoms with van der Waals surface area (Å²) in [6, 6.07) is 0. The minimum Gasteiger partial charge on any atom is -0.341 e. The molecule has 2 fully saturated rings. The summed E-state index contributed by atoms with van der Waals surface area (Å²) in [6.45, 7) is 7.11. The predicted octanol–water partition coefficient (Wildman–Crippen LogP) is 1.54. The highest BCUT2D eigenvalue weighted by molar-refractivity contribution is 8.23. The molecule has 72 valence electrons. The molecule has 2 aliphatic heterocycles. The molecule has 0 aromatic carbocycles. The van der Waals surface area contributed by atoms with E-state index in [9.17, 15) is 0 Å². The van der Waals surface area contributed by atoms with Gasteiger partial charge in [-0.1, -0.05) is 30.1 Å². The molecule has 0 radical (unpaired) electrons. The van der Waals surface area contributed by atoms with E-state index >= 15 is 0 Å². The van der Waals surface area contributed by atoms with E-state index in [-0.39, 0.29) is 0 Å². The van der Waals surface area contributed by atoms with E-state index < -0.39 is 0 Å². The van der Waals surface area contributed by atoms with Crippen LogP contribution in [0.2, 0.25) is 0 Å². The maximum absolute atomic E-state index is 5.29. The molecular formula is C9H14N2S2. The van der Waals surface area contributed by atoms with Crippen molar-refractivity contribution in [2.75, 3.05) is 25.4 Å². The highest BCUT2D eigenvalue weighted by atomic mass is 32.2. The predicted molar refractivity (Wildman–Crippen MR) is 61.9 cm³/mol. The van der Waals surface area contributed by atoms with Gasteiger partial charge >= 0.3 is 0 Å². The van der Waals surface area contributed by atoms with Gasteiger partial charge in [-0.15, -0.1) is 6.58 Å². The van der Waals surface area contributed by atoms with E-state index in [2.05, 4.69) is 16.4 Å². The molecule has 2 nitrogen and oxygen atoms in total. The fourth-order valence-corrected chi connectivity index (χ4v) is 3.43. The van der Waals surface area contributed by atoms with Crippen LogP contribution in [0, 0.1) is 0 Å². The minimum absolute atomic E-state index is 0.546. The molecule has 13 heavy (non-hydrogen) atoms.